The zero-order valence-electron chi connectivity index (χ0n) is 10.3. The van der Waals surface area contributed by atoms with Crippen LogP contribution in [0.3, 0.4) is 0 Å². The van der Waals surface area contributed by atoms with Crippen LogP contribution in [0.15, 0.2) is 28.7 Å². The number of carbonyl (C=O) groups is 1. The average molecular weight is 313 g/mol. The Bertz CT molecular complexity index is 431. The summed E-state index contributed by atoms with van der Waals surface area (Å²) >= 11 is 3.39. The fraction of sp³-hybridized carbons (Fsp3) is 0.462. The molecular formula is C13H17BrN2O2. The number of nitrogens with one attached hydrogen (secondary N) is 2. The molecule has 1 aliphatic heterocycles. The molecule has 1 aromatic carbocycles. The minimum absolute atomic E-state index is 0.0652. The first-order valence-corrected chi connectivity index (χ1v) is 6.78. The summed E-state index contributed by atoms with van der Waals surface area (Å²) < 4.78 is 6.42. The van der Waals surface area contributed by atoms with Crippen molar-refractivity contribution in [2.24, 2.45) is 0 Å². The third-order valence-corrected chi connectivity index (χ3v) is 3.79. The summed E-state index contributed by atoms with van der Waals surface area (Å²) in [5, 5.41) is 6.16. The lowest BCUT2D eigenvalue weighted by Crippen LogP contribution is -2.51. The van der Waals surface area contributed by atoms with E-state index in [0.717, 1.165) is 23.2 Å². The molecule has 2 rings (SSSR count). The van der Waals surface area contributed by atoms with Gasteiger partial charge in [-0.25, -0.2) is 0 Å². The van der Waals surface area contributed by atoms with Crippen LogP contribution in [-0.2, 0) is 9.53 Å². The SMILES string of the molecule is COC1(C(=O)Nc2cccc(Br)c2)CCNCC1. The van der Waals surface area contributed by atoms with Gasteiger partial charge in [-0.1, -0.05) is 22.0 Å². The van der Waals surface area contributed by atoms with Crippen molar-refractivity contribution in [2.45, 2.75) is 18.4 Å². The Balaban J connectivity index is 2.10. The first kappa shape index (κ1) is 13.5. The van der Waals surface area contributed by atoms with Crippen LogP contribution >= 0.6 is 15.9 Å². The van der Waals surface area contributed by atoms with Crippen molar-refractivity contribution < 1.29 is 9.53 Å². The molecule has 1 aliphatic rings. The molecule has 0 unspecified atom stereocenters. The Labute approximate surface area is 115 Å². The van der Waals surface area contributed by atoms with Crippen molar-refractivity contribution in [1.29, 1.82) is 0 Å². The number of ether oxygens (including phenoxy) is 1. The fourth-order valence-corrected chi connectivity index (χ4v) is 2.56. The molecule has 0 radical (unpaired) electrons. The molecule has 1 aromatic rings. The van der Waals surface area contributed by atoms with Crippen LogP contribution in [0.4, 0.5) is 5.69 Å². The maximum absolute atomic E-state index is 12.4. The average Bonchev–Trinajstić information content (AvgIpc) is 2.39. The molecule has 1 fully saturated rings. The van der Waals surface area contributed by atoms with E-state index in [4.69, 9.17) is 4.74 Å². The van der Waals surface area contributed by atoms with Gasteiger partial charge in [-0.15, -0.1) is 0 Å². The second-order valence-corrected chi connectivity index (χ2v) is 5.33. The van der Waals surface area contributed by atoms with Gasteiger partial charge in [0.05, 0.1) is 0 Å². The van der Waals surface area contributed by atoms with Crippen LogP contribution in [0.5, 0.6) is 0 Å². The highest BCUT2D eigenvalue weighted by Gasteiger charge is 2.39. The molecule has 1 amide bonds. The molecule has 0 spiro atoms. The summed E-state index contributed by atoms with van der Waals surface area (Å²) in [7, 11) is 1.60. The maximum Gasteiger partial charge on any atom is 0.256 e. The van der Waals surface area contributed by atoms with E-state index in [2.05, 4.69) is 26.6 Å². The van der Waals surface area contributed by atoms with E-state index >= 15 is 0 Å². The van der Waals surface area contributed by atoms with E-state index in [-0.39, 0.29) is 5.91 Å². The number of hydrogen-bond donors (Lipinski definition) is 2. The summed E-state index contributed by atoms with van der Waals surface area (Å²) in [5.74, 6) is -0.0652. The van der Waals surface area contributed by atoms with Gasteiger partial charge in [0.25, 0.3) is 5.91 Å². The molecule has 5 heteroatoms. The number of methoxy groups -OCH3 is 1. The number of carbonyl (C=O) groups excluding carboxylic acids is 1. The topological polar surface area (TPSA) is 50.4 Å². The Morgan fingerprint density at radius 2 is 2.17 bits per heavy atom. The van der Waals surface area contributed by atoms with E-state index in [1.54, 1.807) is 7.11 Å². The molecule has 1 heterocycles. The van der Waals surface area contributed by atoms with Crippen LogP contribution < -0.4 is 10.6 Å². The number of rotatable bonds is 3. The first-order valence-electron chi connectivity index (χ1n) is 5.99. The predicted molar refractivity (Wildman–Crippen MR) is 74.6 cm³/mol. The van der Waals surface area contributed by atoms with E-state index in [1.165, 1.54) is 0 Å². The molecular weight excluding hydrogens is 296 g/mol. The molecule has 98 valence electrons. The van der Waals surface area contributed by atoms with Crippen molar-refractivity contribution in [3.05, 3.63) is 28.7 Å². The van der Waals surface area contributed by atoms with Crippen molar-refractivity contribution in [3.63, 3.8) is 0 Å². The molecule has 0 aliphatic carbocycles. The van der Waals surface area contributed by atoms with E-state index in [9.17, 15) is 4.79 Å². The van der Waals surface area contributed by atoms with E-state index < -0.39 is 5.60 Å². The highest BCUT2D eigenvalue weighted by atomic mass is 79.9. The summed E-state index contributed by atoms with van der Waals surface area (Å²) in [5.41, 5.74) is 0.0810. The zero-order valence-corrected chi connectivity index (χ0v) is 11.9. The number of amides is 1. The largest absolute Gasteiger partial charge is 0.368 e. The molecule has 1 saturated heterocycles. The van der Waals surface area contributed by atoms with Gasteiger partial charge < -0.3 is 15.4 Å². The van der Waals surface area contributed by atoms with Gasteiger partial charge in [0.1, 0.15) is 5.60 Å². The number of anilines is 1. The predicted octanol–water partition coefficient (Wildman–Crippen LogP) is 2.16. The fourth-order valence-electron chi connectivity index (χ4n) is 2.17. The van der Waals surface area contributed by atoms with Crippen molar-refractivity contribution in [1.82, 2.24) is 5.32 Å². The molecule has 0 saturated carbocycles. The van der Waals surface area contributed by atoms with Gasteiger partial charge in [-0.3, -0.25) is 4.79 Å². The van der Waals surface area contributed by atoms with Crippen LogP contribution in [0.2, 0.25) is 0 Å². The van der Waals surface area contributed by atoms with Gasteiger partial charge in [0.2, 0.25) is 0 Å². The minimum Gasteiger partial charge on any atom is -0.368 e. The van der Waals surface area contributed by atoms with Gasteiger partial charge in [-0.05, 0) is 44.1 Å². The molecule has 0 aromatic heterocycles. The minimum atomic E-state index is -0.701. The van der Waals surface area contributed by atoms with Gasteiger partial charge in [-0.2, -0.15) is 0 Å². The molecule has 18 heavy (non-hydrogen) atoms. The monoisotopic (exact) mass is 312 g/mol. The number of piperidine rings is 1. The highest BCUT2D eigenvalue weighted by Crippen LogP contribution is 2.25. The lowest BCUT2D eigenvalue weighted by molar-refractivity contribution is -0.140. The first-order chi connectivity index (χ1) is 8.66. The summed E-state index contributed by atoms with van der Waals surface area (Å²) in [6, 6.07) is 7.56. The highest BCUT2D eigenvalue weighted by molar-refractivity contribution is 9.10. The van der Waals surface area contributed by atoms with Gasteiger partial charge in [0.15, 0.2) is 0 Å². The third-order valence-electron chi connectivity index (χ3n) is 3.30. The Morgan fingerprint density at radius 1 is 1.44 bits per heavy atom. The zero-order chi connectivity index (χ0) is 13.0. The molecule has 0 atom stereocenters. The normalized spacial score (nSPS) is 18.3. The van der Waals surface area contributed by atoms with Gasteiger partial charge >= 0.3 is 0 Å². The van der Waals surface area contributed by atoms with Gasteiger partial charge in [0, 0.05) is 17.3 Å². The van der Waals surface area contributed by atoms with Crippen LogP contribution in [0, 0.1) is 0 Å². The van der Waals surface area contributed by atoms with Crippen molar-refractivity contribution in [2.75, 3.05) is 25.5 Å². The number of hydrogen-bond acceptors (Lipinski definition) is 3. The smallest absolute Gasteiger partial charge is 0.256 e. The molecule has 4 nitrogen and oxygen atoms in total. The van der Waals surface area contributed by atoms with Crippen LogP contribution in [0.1, 0.15) is 12.8 Å². The lowest BCUT2D eigenvalue weighted by atomic mass is 9.91. The second-order valence-electron chi connectivity index (χ2n) is 4.41. The summed E-state index contributed by atoms with van der Waals surface area (Å²) in [4.78, 5) is 12.4. The summed E-state index contributed by atoms with van der Waals surface area (Å²) in [6.07, 6.45) is 1.40. The standard InChI is InChI=1S/C13H17BrN2O2/c1-18-13(5-7-15-8-6-13)12(17)16-11-4-2-3-10(14)9-11/h2-4,9,15H,5-8H2,1H3,(H,16,17). The number of halogens is 1. The van der Waals surface area contributed by atoms with Crippen LogP contribution in [-0.4, -0.2) is 31.7 Å². The van der Waals surface area contributed by atoms with Crippen molar-refractivity contribution in [3.8, 4) is 0 Å². The quantitative estimate of drug-likeness (QED) is 0.899. The maximum atomic E-state index is 12.4. The number of benzene rings is 1. The third kappa shape index (κ3) is 2.91. The molecule has 0 bridgehead atoms. The second kappa shape index (κ2) is 5.82. The van der Waals surface area contributed by atoms with Crippen LogP contribution in [0.25, 0.3) is 0 Å². The Morgan fingerprint density at radius 3 is 2.78 bits per heavy atom. The van der Waals surface area contributed by atoms with Crippen molar-refractivity contribution >= 4 is 27.5 Å². The Hall–Kier alpha value is -0.910. The van der Waals surface area contributed by atoms with E-state index in [0.29, 0.717) is 12.8 Å². The van der Waals surface area contributed by atoms with E-state index in [1.807, 2.05) is 24.3 Å². The molecule has 2 N–H and O–H groups in total. The summed E-state index contributed by atoms with van der Waals surface area (Å²) in [6.45, 7) is 1.61. The Kier molecular flexibility index (Phi) is 4.37. The lowest BCUT2D eigenvalue weighted by Gasteiger charge is -2.34.